The Kier molecular flexibility index (Phi) is 7.28. The highest BCUT2D eigenvalue weighted by Gasteiger charge is 2.12. The van der Waals surface area contributed by atoms with E-state index in [2.05, 4.69) is 10.1 Å². The number of rotatable bonds is 7. The third-order valence-corrected chi connectivity index (χ3v) is 1.71. The first-order valence-corrected chi connectivity index (χ1v) is 4.75. The summed E-state index contributed by atoms with van der Waals surface area (Å²) in [5.74, 6) is -0.279. The monoisotopic (exact) mass is 209 g/mol. The van der Waals surface area contributed by atoms with E-state index in [0.29, 0.717) is 19.6 Å². The van der Waals surface area contributed by atoms with E-state index in [1.165, 1.54) is 6.92 Å². The van der Waals surface area contributed by atoms with Crippen molar-refractivity contribution in [1.29, 1.82) is 0 Å². The van der Waals surface area contributed by atoms with Crippen molar-refractivity contribution in [3.05, 3.63) is 0 Å². The van der Waals surface area contributed by atoms with E-state index < -0.39 is 12.5 Å². The second-order valence-electron chi connectivity index (χ2n) is 2.99. The van der Waals surface area contributed by atoms with Crippen molar-refractivity contribution >= 4 is 5.97 Å². The van der Waals surface area contributed by atoms with E-state index in [-0.39, 0.29) is 12.4 Å². The summed E-state index contributed by atoms with van der Waals surface area (Å²) in [6.45, 7) is 3.91. The van der Waals surface area contributed by atoms with E-state index in [1.807, 2.05) is 0 Å². The Bertz CT molecular complexity index is 165. The predicted octanol–water partition coefficient (Wildman–Crippen LogP) is 1.57. The van der Waals surface area contributed by atoms with Crippen molar-refractivity contribution in [3.8, 4) is 0 Å². The van der Waals surface area contributed by atoms with Crippen molar-refractivity contribution in [3.63, 3.8) is 0 Å². The molecule has 1 unspecified atom stereocenters. The number of hydrogen-bond donors (Lipinski definition) is 1. The summed E-state index contributed by atoms with van der Waals surface area (Å²) >= 11 is 0. The Morgan fingerprint density at radius 2 is 2.14 bits per heavy atom. The summed E-state index contributed by atoms with van der Waals surface area (Å²) in [6.07, 6.45) is -1.57. The topological polar surface area (TPSA) is 38.3 Å². The molecule has 0 aliphatic heterocycles. The van der Waals surface area contributed by atoms with Gasteiger partial charge in [-0.05, 0) is 26.8 Å². The fourth-order valence-corrected chi connectivity index (χ4v) is 0.885. The average molecular weight is 209 g/mol. The standard InChI is InChI=1S/C9H17F2NO2/c1-3-14-8(13)5-4-6-12-7(2)9(10)11/h7,9,12H,3-6H2,1-2H3. The van der Waals surface area contributed by atoms with Crippen molar-refractivity contribution in [2.45, 2.75) is 39.2 Å². The lowest BCUT2D eigenvalue weighted by atomic mass is 10.3. The molecule has 0 bridgehead atoms. The molecule has 1 atom stereocenters. The van der Waals surface area contributed by atoms with Crippen molar-refractivity contribution in [2.75, 3.05) is 13.2 Å². The van der Waals surface area contributed by atoms with Gasteiger partial charge in [-0.15, -0.1) is 0 Å². The van der Waals surface area contributed by atoms with Gasteiger partial charge in [-0.2, -0.15) is 0 Å². The highest BCUT2D eigenvalue weighted by atomic mass is 19.3. The van der Waals surface area contributed by atoms with Gasteiger partial charge in [0.25, 0.3) is 6.43 Å². The van der Waals surface area contributed by atoms with Crippen LogP contribution in [0.2, 0.25) is 0 Å². The number of carbonyl (C=O) groups is 1. The fraction of sp³-hybridized carbons (Fsp3) is 0.889. The summed E-state index contributed by atoms with van der Waals surface area (Å²) < 4.78 is 28.6. The van der Waals surface area contributed by atoms with Crippen molar-refractivity contribution in [2.24, 2.45) is 0 Å². The highest BCUT2D eigenvalue weighted by Crippen LogP contribution is 1.99. The number of alkyl halides is 2. The average Bonchev–Trinajstić information content (AvgIpc) is 2.12. The van der Waals surface area contributed by atoms with Crippen LogP contribution in [0.4, 0.5) is 8.78 Å². The molecular weight excluding hydrogens is 192 g/mol. The van der Waals surface area contributed by atoms with Gasteiger partial charge in [0.2, 0.25) is 0 Å². The molecule has 0 heterocycles. The van der Waals surface area contributed by atoms with Crippen molar-refractivity contribution < 1.29 is 18.3 Å². The number of ether oxygens (including phenoxy) is 1. The summed E-state index contributed by atoms with van der Waals surface area (Å²) in [6, 6.07) is -0.822. The molecule has 14 heavy (non-hydrogen) atoms. The minimum Gasteiger partial charge on any atom is -0.466 e. The number of carbonyl (C=O) groups excluding carboxylic acids is 1. The molecule has 0 saturated heterocycles. The quantitative estimate of drug-likeness (QED) is 0.511. The molecule has 0 fully saturated rings. The molecule has 0 saturated carbocycles. The Morgan fingerprint density at radius 3 is 2.64 bits per heavy atom. The Labute approximate surface area is 82.8 Å². The molecule has 84 valence electrons. The van der Waals surface area contributed by atoms with Crippen LogP contribution in [0.1, 0.15) is 26.7 Å². The van der Waals surface area contributed by atoms with Gasteiger partial charge >= 0.3 is 5.97 Å². The maximum Gasteiger partial charge on any atom is 0.305 e. The van der Waals surface area contributed by atoms with Gasteiger partial charge in [0.15, 0.2) is 0 Å². The number of esters is 1. The zero-order chi connectivity index (χ0) is 11.0. The lowest BCUT2D eigenvalue weighted by Crippen LogP contribution is -2.33. The molecule has 0 aromatic heterocycles. The third-order valence-electron chi connectivity index (χ3n) is 1.71. The molecule has 1 N–H and O–H groups in total. The van der Waals surface area contributed by atoms with Gasteiger partial charge in [0.05, 0.1) is 12.6 Å². The molecule has 3 nitrogen and oxygen atoms in total. The molecule has 0 aliphatic rings. The molecule has 0 aromatic rings. The molecule has 0 radical (unpaired) electrons. The second-order valence-corrected chi connectivity index (χ2v) is 2.99. The molecular formula is C9H17F2NO2. The lowest BCUT2D eigenvalue weighted by Gasteiger charge is -2.11. The lowest BCUT2D eigenvalue weighted by molar-refractivity contribution is -0.143. The van der Waals surface area contributed by atoms with Crippen LogP contribution in [0, 0.1) is 0 Å². The predicted molar refractivity (Wildman–Crippen MR) is 49.3 cm³/mol. The fourth-order valence-electron chi connectivity index (χ4n) is 0.885. The number of halogens is 2. The molecule has 5 heteroatoms. The van der Waals surface area contributed by atoms with E-state index >= 15 is 0 Å². The minimum atomic E-state index is -2.36. The minimum absolute atomic E-state index is 0.275. The first-order valence-electron chi connectivity index (χ1n) is 4.75. The van der Waals surface area contributed by atoms with Crippen LogP contribution in [0.25, 0.3) is 0 Å². The van der Waals surface area contributed by atoms with Gasteiger partial charge in [-0.1, -0.05) is 0 Å². The maximum atomic E-state index is 12.0. The maximum absolute atomic E-state index is 12.0. The zero-order valence-electron chi connectivity index (χ0n) is 8.56. The molecule has 0 aromatic carbocycles. The summed E-state index contributed by atoms with van der Waals surface area (Å²) in [5, 5.41) is 2.62. The summed E-state index contributed by atoms with van der Waals surface area (Å²) in [5.41, 5.74) is 0. The van der Waals surface area contributed by atoms with E-state index in [9.17, 15) is 13.6 Å². The Balaban J connectivity index is 3.33. The third kappa shape index (κ3) is 6.77. The van der Waals surface area contributed by atoms with Crippen LogP contribution in [0.5, 0.6) is 0 Å². The van der Waals surface area contributed by atoms with Crippen LogP contribution in [0.3, 0.4) is 0 Å². The SMILES string of the molecule is CCOC(=O)CCCNC(C)C(F)F. The second kappa shape index (κ2) is 7.67. The molecule has 0 amide bonds. The van der Waals surface area contributed by atoms with Gasteiger partial charge in [0.1, 0.15) is 0 Å². The van der Waals surface area contributed by atoms with E-state index in [0.717, 1.165) is 0 Å². The van der Waals surface area contributed by atoms with Gasteiger partial charge in [0, 0.05) is 6.42 Å². The molecule has 0 spiro atoms. The van der Waals surface area contributed by atoms with Crippen LogP contribution in [0.15, 0.2) is 0 Å². The van der Waals surface area contributed by atoms with E-state index in [1.54, 1.807) is 6.92 Å². The number of hydrogen-bond acceptors (Lipinski definition) is 3. The molecule has 0 aliphatic carbocycles. The largest absolute Gasteiger partial charge is 0.466 e. The first kappa shape index (κ1) is 13.3. The van der Waals surface area contributed by atoms with Gasteiger partial charge < -0.3 is 10.1 Å². The van der Waals surface area contributed by atoms with Crippen LogP contribution in [-0.2, 0) is 9.53 Å². The smallest absolute Gasteiger partial charge is 0.305 e. The Morgan fingerprint density at radius 1 is 1.50 bits per heavy atom. The van der Waals surface area contributed by atoms with Crippen molar-refractivity contribution in [1.82, 2.24) is 5.32 Å². The van der Waals surface area contributed by atoms with E-state index in [4.69, 9.17) is 0 Å². The van der Waals surface area contributed by atoms with Crippen LogP contribution < -0.4 is 5.32 Å². The summed E-state index contributed by atoms with van der Waals surface area (Å²) in [4.78, 5) is 10.8. The summed E-state index contributed by atoms with van der Waals surface area (Å²) in [7, 11) is 0. The first-order chi connectivity index (χ1) is 6.57. The molecule has 0 rings (SSSR count). The highest BCUT2D eigenvalue weighted by molar-refractivity contribution is 5.69. The van der Waals surface area contributed by atoms with Crippen LogP contribution >= 0.6 is 0 Å². The Hall–Kier alpha value is -0.710. The van der Waals surface area contributed by atoms with Gasteiger partial charge in [-0.25, -0.2) is 8.78 Å². The zero-order valence-corrected chi connectivity index (χ0v) is 8.56. The van der Waals surface area contributed by atoms with Gasteiger partial charge in [-0.3, -0.25) is 4.79 Å². The number of nitrogens with one attached hydrogen (secondary N) is 1. The normalized spacial score (nSPS) is 12.9. The van der Waals surface area contributed by atoms with Crippen LogP contribution in [-0.4, -0.2) is 31.6 Å².